The van der Waals surface area contributed by atoms with E-state index in [9.17, 15) is 9.59 Å². The second-order valence-electron chi connectivity index (χ2n) is 10.8. The number of carbonyl (C=O) groups excluding carboxylic acids is 2. The normalized spacial score (nSPS) is 21.1. The van der Waals surface area contributed by atoms with Gasteiger partial charge < -0.3 is 15.0 Å². The summed E-state index contributed by atoms with van der Waals surface area (Å²) in [5.74, 6) is -0.358. The summed E-state index contributed by atoms with van der Waals surface area (Å²) in [6.45, 7) is 11.0. The smallest absolute Gasteiger partial charge is 0.328 e. The van der Waals surface area contributed by atoms with Gasteiger partial charge in [0, 0.05) is 37.1 Å². The van der Waals surface area contributed by atoms with E-state index >= 15 is 0 Å². The topological polar surface area (TPSA) is 61.9 Å². The predicted octanol–water partition coefficient (Wildman–Crippen LogP) is 5.50. The van der Waals surface area contributed by atoms with Crippen LogP contribution in [0.15, 0.2) is 54.6 Å². The Hall–Kier alpha value is -2.86. The van der Waals surface area contributed by atoms with Gasteiger partial charge in [-0.05, 0) is 49.3 Å². The minimum Gasteiger partial charge on any atom is -0.467 e. The van der Waals surface area contributed by atoms with Crippen molar-refractivity contribution in [2.24, 2.45) is 11.3 Å². The summed E-state index contributed by atoms with van der Waals surface area (Å²) < 4.78 is 4.94. The fourth-order valence-corrected chi connectivity index (χ4v) is 5.90. The molecule has 2 aromatic carbocycles. The lowest BCUT2D eigenvalue weighted by Gasteiger charge is -2.62. The number of hydrogen-bond donors (Lipinski definition) is 1. The molecule has 2 aliphatic rings. The highest BCUT2D eigenvalue weighted by Crippen LogP contribution is 2.55. The van der Waals surface area contributed by atoms with Crippen molar-refractivity contribution in [1.29, 1.82) is 0 Å². The van der Waals surface area contributed by atoms with Crippen LogP contribution in [-0.4, -0.2) is 60.6 Å². The zero-order chi connectivity index (χ0) is 25.9. The molecular weight excluding hydrogens is 450 g/mol. The first-order valence-electron chi connectivity index (χ1n) is 13.3. The van der Waals surface area contributed by atoms with Crippen LogP contribution in [0.1, 0.15) is 58.6 Å². The van der Waals surface area contributed by atoms with E-state index in [2.05, 4.69) is 72.6 Å². The highest BCUT2D eigenvalue weighted by atomic mass is 16.5. The second kappa shape index (κ2) is 11.0. The summed E-state index contributed by atoms with van der Waals surface area (Å²) in [5.41, 5.74) is 4.00. The van der Waals surface area contributed by atoms with E-state index in [0.29, 0.717) is 25.2 Å². The van der Waals surface area contributed by atoms with Crippen molar-refractivity contribution >= 4 is 12.0 Å². The molecule has 6 heteroatoms. The Morgan fingerprint density at radius 3 is 2.17 bits per heavy atom. The lowest BCUT2D eigenvalue weighted by atomic mass is 9.62. The molecule has 2 saturated heterocycles. The van der Waals surface area contributed by atoms with Crippen molar-refractivity contribution in [2.45, 2.75) is 65.1 Å². The number of rotatable bonds is 7. The second-order valence-corrected chi connectivity index (χ2v) is 10.8. The molecule has 2 aliphatic heterocycles. The molecule has 2 amide bonds. The molecule has 2 aromatic rings. The first-order valence-corrected chi connectivity index (χ1v) is 13.3. The van der Waals surface area contributed by atoms with E-state index in [0.717, 1.165) is 25.8 Å². The molecule has 0 aliphatic carbocycles. The van der Waals surface area contributed by atoms with Gasteiger partial charge in [0.1, 0.15) is 6.04 Å². The minimum absolute atomic E-state index is 0.0204. The molecular formula is C30H41N3O3. The fraction of sp³-hybridized carbons (Fsp3) is 0.533. The largest absolute Gasteiger partial charge is 0.467 e. The molecule has 36 heavy (non-hydrogen) atoms. The molecule has 3 atom stereocenters. The SMILES string of the molecule is CC[C@H](C)[C@H](NC(=O)N1CCC2(CC1)CN(C(C)C)C2c1ccc(-c2ccccc2)cc1)C(=O)OC. The predicted molar refractivity (Wildman–Crippen MR) is 143 cm³/mol. The van der Waals surface area contributed by atoms with Crippen LogP contribution in [-0.2, 0) is 9.53 Å². The average Bonchev–Trinajstić information content (AvgIpc) is 2.90. The van der Waals surface area contributed by atoms with Gasteiger partial charge in [0.25, 0.3) is 0 Å². The van der Waals surface area contributed by atoms with Gasteiger partial charge in [0.05, 0.1) is 7.11 Å². The number of piperidine rings is 1. The van der Waals surface area contributed by atoms with E-state index in [1.807, 2.05) is 24.8 Å². The van der Waals surface area contributed by atoms with Crippen LogP contribution in [0.5, 0.6) is 0 Å². The molecule has 4 rings (SSSR count). The molecule has 0 bridgehead atoms. The summed E-state index contributed by atoms with van der Waals surface area (Å²) in [6.07, 6.45) is 2.71. The number of amides is 2. The number of carbonyl (C=O) groups is 2. The van der Waals surface area contributed by atoms with Gasteiger partial charge in [0.2, 0.25) is 0 Å². The lowest BCUT2D eigenvalue weighted by molar-refractivity contribution is -0.144. The molecule has 6 nitrogen and oxygen atoms in total. The average molecular weight is 492 g/mol. The minimum atomic E-state index is -0.612. The van der Waals surface area contributed by atoms with Crippen LogP contribution < -0.4 is 5.32 Å². The van der Waals surface area contributed by atoms with Crippen molar-refractivity contribution in [3.63, 3.8) is 0 Å². The van der Waals surface area contributed by atoms with Crippen molar-refractivity contribution in [1.82, 2.24) is 15.1 Å². The monoisotopic (exact) mass is 491 g/mol. The van der Waals surface area contributed by atoms with Crippen molar-refractivity contribution in [3.05, 3.63) is 60.2 Å². The number of urea groups is 1. The Labute approximate surface area is 216 Å². The molecule has 0 aromatic heterocycles. The molecule has 194 valence electrons. The van der Waals surface area contributed by atoms with Crippen LogP contribution in [0.25, 0.3) is 11.1 Å². The molecule has 2 heterocycles. The van der Waals surface area contributed by atoms with Crippen LogP contribution in [0.4, 0.5) is 4.79 Å². The number of methoxy groups -OCH3 is 1. The first-order chi connectivity index (χ1) is 17.3. The third-order valence-corrected chi connectivity index (χ3v) is 8.40. The maximum Gasteiger partial charge on any atom is 0.328 e. The molecule has 1 N–H and O–H groups in total. The molecule has 1 spiro atoms. The maximum atomic E-state index is 13.1. The maximum absolute atomic E-state index is 13.1. The van der Waals surface area contributed by atoms with Gasteiger partial charge in [-0.3, -0.25) is 4.90 Å². The van der Waals surface area contributed by atoms with E-state index in [4.69, 9.17) is 4.74 Å². The third kappa shape index (κ3) is 5.15. The Morgan fingerprint density at radius 1 is 1.00 bits per heavy atom. The first kappa shape index (κ1) is 26.2. The number of ether oxygens (including phenoxy) is 1. The molecule has 0 radical (unpaired) electrons. The van der Waals surface area contributed by atoms with Crippen LogP contribution >= 0.6 is 0 Å². The van der Waals surface area contributed by atoms with Gasteiger partial charge in [-0.15, -0.1) is 0 Å². The van der Waals surface area contributed by atoms with Crippen molar-refractivity contribution < 1.29 is 14.3 Å². The van der Waals surface area contributed by atoms with Gasteiger partial charge >= 0.3 is 12.0 Å². The number of likely N-dealkylation sites (tertiary alicyclic amines) is 2. The van der Waals surface area contributed by atoms with Gasteiger partial charge in [-0.25, -0.2) is 9.59 Å². The van der Waals surface area contributed by atoms with E-state index < -0.39 is 6.04 Å². The zero-order valence-electron chi connectivity index (χ0n) is 22.4. The third-order valence-electron chi connectivity index (χ3n) is 8.40. The van der Waals surface area contributed by atoms with Crippen molar-refractivity contribution in [3.8, 4) is 11.1 Å². The Balaban J connectivity index is 1.45. The Morgan fingerprint density at radius 2 is 1.61 bits per heavy atom. The van der Waals surface area contributed by atoms with Crippen LogP contribution in [0.2, 0.25) is 0 Å². The Kier molecular flexibility index (Phi) is 8.04. The summed E-state index contributed by atoms with van der Waals surface area (Å²) in [7, 11) is 1.37. The van der Waals surface area contributed by atoms with Crippen molar-refractivity contribution in [2.75, 3.05) is 26.7 Å². The standard InChI is InChI=1S/C30H41N3O3/c1-6-22(4)26(28(34)36-5)31-29(35)32-18-16-30(17-19-32)20-33(21(2)3)27(30)25-14-12-24(13-15-25)23-10-8-7-9-11-23/h7-15,21-22,26-27H,6,16-20H2,1-5H3,(H,31,35)/t22-,26-,27?/m0/s1. The molecule has 0 saturated carbocycles. The number of benzene rings is 2. The highest BCUT2D eigenvalue weighted by molar-refractivity contribution is 5.83. The summed E-state index contributed by atoms with van der Waals surface area (Å²) >= 11 is 0. The fourth-order valence-electron chi connectivity index (χ4n) is 5.90. The molecule has 1 unspecified atom stereocenters. The summed E-state index contributed by atoms with van der Waals surface area (Å²) in [5, 5.41) is 2.95. The lowest BCUT2D eigenvalue weighted by Crippen LogP contribution is -2.64. The summed E-state index contributed by atoms with van der Waals surface area (Å²) in [6, 6.07) is 19.6. The van der Waals surface area contributed by atoms with E-state index in [1.54, 1.807) is 0 Å². The summed E-state index contributed by atoms with van der Waals surface area (Å²) in [4.78, 5) is 29.8. The van der Waals surface area contributed by atoms with Crippen LogP contribution in [0.3, 0.4) is 0 Å². The number of hydrogen-bond acceptors (Lipinski definition) is 4. The van der Waals surface area contributed by atoms with Gasteiger partial charge in [-0.2, -0.15) is 0 Å². The van der Waals surface area contributed by atoms with Crippen LogP contribution in [0, 0.1) is 11.3 Å². The quantitative estimate of drug-likeness (QED) is 0.520. The number of nitrogens with one attached hydrogen (secondary N) is 1. The van der Waals surface area contributed by atoms with Gasteiger partial charge in [-0.1, -0.05) is 74.9 Å². The zero-order valence-corrected chi connectivity index (χ0v) is 22.4. The number of esters is 1. The highest BCUT2D eigenvalue weighted by Gasteiger charge is 2.54. The Bertz CT molecular complexity index is 1030. The van der Waals surface area contributed by atoms with E-state index in [1.165, 1.54) is 23.8 Å². The number of nitrogens with zero attached hydrogens (tertiary/aromatic N) is 2. The molecule has 2 fully saturated rings. The van der Waals surface area contributed by atoms with Gasteiger partial charge in [0.15, 0.2) is 0 Å². The van der Waals surface area contributed by atoms with E-state index in [-0.39, 0.29) is 23.3 Å².